The van der Waals surface area contributed by atoms with Gasteiger partial charge in [-0.2, -0.15) is 0 Å². The van der Waals surface area contributed by atoms with Crippen LogP contribution in [0.2, 0.25) is 0 Å². The molecule has 3 nitrogen and oxygen atoms in total. The van der Waals surface area contributed by atoms with Gasteiger partial charge in [-0.3, -0.25) is 0 Å². The summed E-state index contributed by atoms with van der Waals surface area (Å²) in [6.07, 6.45) is 1.64. The van der Waals surface area contributed by atoms with Gasteiger partial charge in [0.1, 0.15) is 5.75 Å². The van der Waals surface area contributed by atoms with E-state index < -0.39 is 5.97 Å². The largest absolute Gasteiger partial charge is 0.508 e. The molecule has 0 aromatic heterocycles. The third kappa shape index (κ3) is 3.90. The Morgan fingerprint density at radius 3 is 2.00 bits per heavy atom. The second-order valence-electron chi connectivity index (χ2n) is 4.30. The molecule has 0 fully saturated rings. The molecule has 0 heterocycles. The van der Waals surface area contributed by atoms with Crippen LogP contribution in [0, 0.1) is 0 Å². The maximum atomic E-state index is 10.7. The number of carbonyl (C=O) groups is 1. The molecule has 20 heavy (non-hydrogen) atoms. The van der Waals surface area contributed by atoms with Crippen molar-refractivity contribution in [3.8, 4) is 5.75 Å². The van der Waals surface area contributed by atoms with E-state index in [0.29, 0.717) is 5.57 Å². The number of carboxylic acids is 1. The molecule has 2 rings (SSSR count). The Balaban J connectivity index is 2.10. The highest BCUT2D eigenvalue weighted by molar-refractivity contribution is 7.99. The van der Waals surface area contributed by atoms with Gasteiger partial charge >= 0.3 is 5.97 Å². The van der Waals surface area contributed by atoms with E-state index in [4.69, 9.17) is 5.11 Å². The summed E-state index contributed by atoms with van der Waals surface area (Å²) in [7, 11) is 0. The van der Waals surface area contributed by atoms with E-state index in [2.05, 4.69) is 0 Å². The van der Waals surface area contributed by atoms with Crippen molar-refractivity contribution < 1.29 is 15.0 Å². The van der Waals surface area contributed by atoms with Crippen LogP contribution in [0.5, 0.6) is 5.75 Å². The first-order chi connectivity index (χ1) is 9.54. The molecule has 0 bridgehead atoms. The monoisotopic (exact) mass is 286 g/mol. The van der Waals surface area contributed by atoms with Gasteiger partial charge in [-0.1, -0.05) is 23.9 Å². The number of aliphatic carboxylic acids is 1. The van der Waals surface area contributed by atoms with Gasteiger partial charge in [-0.05, 0) is 55.0 Å². The van der Waals surface area contributed by atoms with Crippen molar-refractivity contribution in [2.24, 2.45) is 0 Å². The zero-order valence-corrected chi connectivity index (χ0v) is 11.7. The van der Waals surface area contributed by atoms with E-state index in [1.807, 2.05) is 36.4 Å². The first kappa shape index (κ1) is 14.2. The molecule has 0 aliphatic heterocycles. The molecule has 4 heteroatoms. The summed E-state index contributed by atoms with van der Waals surface area (Å²) in [6, 6.07) is 14.7. The normalized spacial score (nSPS) is 11.3. The Morgan fingerprint density at radius 2 is 1.50 bits per heavy atom. The molecule has 0 aliphatic rings. The van der Waals surface area contributed by atoms with Crippen molar-refractivity contribution in [2.75, 3.05) is 0 Å². The van der Waals surface area contributed by atoms with Crippen molar-refractivity contribution in [1.82, 2.24) is 0 Å². The number of phenols is 1. The molecule has 2 aromatic rings. The molecular weight excluding hydrogens is 272 g/mol. The van der Waals surface area contributed by atoms with E-state index in [1.54, 1.807) is 36.9 Å². The first-order valence-corrected chi connectivity index (χ1v) is 6.85. The fraction of sp³-hybridized carbons (Fsp3) is 0.0625. The summed E-state index contributed by atoms with van der Waals surface area (Å²) in [6.45, 7) is 1.57. The highest BCUT2D eigenvalue weighted by Crippen LogP contribution is 2.29. The average Bonchev–Trinajstić information content (AvgIpc) is 2.43. The van der Waals surface area contributed by atoms with E-state index in [9.17, 15) is 9.90 Å². The van der Waals surface area contributed by atoms with E-state index in [1.165, 1.54) is 0 Å². The average molecular weight is 286 g/mol. The Kier molecular flexibility index (Phi) is 4.48. The van der Waals surface area contributed by atoms with Crippen LogP contribution in [-0.2, 0) is 4.79 Å². The summed E-state index contributed by atoms with van der Waals surface area (Å²) >= 11 is 1.58. The first-order valence-electron chi connectivity index (χ1n) is 6.03. The van der Waals surface area contributed by atoms with Crippen molar-refractivity contribution in [3.05, 3.63) is 59.7 Å². The molecule has 0 unspecified atom stereocenters. The van der Waals surface area contributed by atoms with E-state index >= 15 is 0 Å². The van der Waals surface area contributed by atoms with Gasteiger partial charge in [0.05, 0.1) is 0 Å². The Labute approximate surface area is 121 Å². The van der Waals surface area contributed by atoms with Crippen LogP contribution >= 0.6 is 11.8 Å². The van der Waals surface area contributed by atoms with Gasteiger partial charge in [-0.15, -0.1) is 0 Å². The highest BCUT2D eigenvalue weighted by Gasteiger charge is 2.01. The number of benzene rings is 2. The van der Waals surface area contributed by atoms with Crippen LogP contribution in [0.25, 0.3) is 6.08 Å². The van der Waals surface area contributed by atoms with Gasteiger partial charge in [0.2, 0.25) is 0 Å². The zero-order valence-electron chi connectivity index (χ0n) is 10.9. The van der Waals surface area contributed by atoms with Gasteiger partial charge in [0.15, 0.2) is 0 Å². The Morgan fingerprint density at radius 1 is 1.00 bits per heavy atom. The van der Waals surface area contributed by atoms with Crippen LogP contribution in [0.3, 0.4) is 0 Å². The number of hydrogen-bond acceptors (Lipinski definition) is 3. The number of hydrogen-bond donors (Lipinski definition) is 2. The molecule has 0 atom stereocenters. The maximum absolute atomic E-state index is 10.7. The van der Waals surface area contributed by atoms with Gasteiger partial charge in [0, 0.05) is 15.4 Å². The lowest BCUT2D eigenvalue weighted by atomic mass is 10.1. The quantitative estimate of drug-likeness (QED) is 0.833. The predicted molar refractivity (Wildman–Crippen MR) is 80.0 cm³/mol. The molecule has 0 aliphatic carbocycles. The zero-order chi connectivity index (χ0) is 14.5. The number of phenolic OH excluding ortho intramolecular Hbond substituents is 1. The minimum absolute atomic E-state index is 0.249. The number of aromatic hydroxyl groups is 1. The third-order valence-corrected chi connectivity index (χ3v) is 3.69. The van der Waals surface area contributed by atoms with Gasteiger partial charge in [0.25, 0.3) is 0 Å². The Bertz CT molecular complexity index is 628. The topological polar surface area (TPSA) is 57.5 Å². The molecular formula is C16H14O3S. The number of carboxylic acid groups (broad SMARTS) is 1. The molecule has 102 valence electrons. The second kappa shape index (κ2) is 6.30. The summed E-state index contributed by atoms with van der Waals surface area (Å²) in [5.41, 5.74) is 1.17. The fourth-order valence-corrected chi connectivity index (χ4v) is 2.41. The summed E-state index contributed by atoms with van der Waals surface area (Å²) in [5.74, 6) is -0.661. The lowest BCUT2D eigenvalue weighted by Crippen LogP contribution is -1.95. The smallest absolute Gasteiger partial charge is 0.331 e. The molecule has 2 N–H and O–H groups in total. The van der Waals surface area contributed by atoms with Crippen LogP contribution < -0.4 is 0 Å². The molecule has 0 radical (unpaired) electrons. The molecule has 2 aromatic carbocycles. The number of rotatable bonds is 4. The summed E-state index contributed by atoms with van der Waals surface area (Å²) in [5, 5.41) is 18.0. The van der Waals surface area contributed by atoms with Crippen LogP contribution in [0.15, 0.2) is 63.9 Å². The predicted octanol–water partition coefficient (Wildman–Crippen LogP) is 4.03. The summed E-state index contributed by atoms with van der Waals surface area (Å²) in [4.78, 5) is 12.8. The van der Waals surface area contributed by atoms with Gasteiger partial charge in [-0.25, -0.2) is 4.79 Å². The van der Waals surface area contributed by atoms with Crippen LogP contribution in [0.1, 0.15) is 12.5 Å². The van der Waals surface area contributed by atoms with Crippen molar-refractivity contribution in [2.45, 2.75) is 16.7 Å². The standard InChI is InChI=1S/C16H14O3S/c1-11(16(18)19)10-12-2-6-14(7-3-12)20-15-8-4-13(17)5-9-15/h2-10,17H,1H3,(H,18,19). The second-order valence-corrected chi connectivity index (χ2v) is 5.44. The minimum Gasteiger partial charge on any atom is -0.508 e. The highest BCUT2D eigenvalue weighted by atomic mass is 32.2. The SMILES string of the molecule is CC(=Cc1ccc(Sc2ccc(O)cc2)cc1)C(=O)O. The Hall–Kier alpha value is -2.20. The fourth-order valence-electron chi connectivity index (χ4n) is 1.59. The molecule has 0 saturated heterocycles. The third-order valence-electron chi connectivity index (χ3n) is 2.67. The minimum atomic E-state index is -0.910. The van der Waals surface area contributed by atoms with Gasteiger partial charge < -0.3 is 10.2 Å². The van der Waals surface area contributed by atoms with Crippen molar-refractivity contribution >= 4 is 23.8 Å². The molecule has 0 saturated carbocycles. The van der Waals surface area contributed by atoms with Crippen LogP contribution in [-0.4, -0.2) is 16.2 Å². The van der Waals surface area contributed by atoms with Crippen LogP contribution in [0.4, 0.5) is 0 Å². The summed E-state index contributed by atoms with van der Waals surface area (Å²) < 4.78 is 0. The molecule has 0 spiro atoms. The van der Waals surface area contributed by atoms with E-state index in [0.717, 1.165) is 15.4 Å². The lowest BCUT2D eigenvalue weighted by molar-refractivity contribution is -0.132. The van der Waals surface area contributed by atoms with E-state index in [-0.39, 0.29) is 5.75 Å². The van der Waals surface area contributed by atoms with Crippen molar-refractivity contribution in [1.29, 1.82) is 0 Å². The maximum Gasteiger partial charge on any atom is 0.331 e. The van der Waals surface area contributed by atoms with Crippen molar-refractivity contribution in [3.63, 3.8) is 0 Å². The molecule has 0 amide bonds. The lowest BCUT2D eigenvalue weighted by Gasteiger charge is -2.03.